The third kappa shape index (κ3) is 6.21. The fourth-order valence-corrected chi connectivity index (χ4v) is 0.496. The molecular weight excluding hydrogens is 199 g/mol. The summed E-state index contributed by atoms with van der Waals surface area (Å²) in [5.74, 6) is 0. The Morgan fingerprint density at radius 2 is 2.14 bits per heavy atom. The third-order valence-corrected chi connectivity index (χ3v) is 0.971. The van der Waals surface area contributed by atoms with Gasteiger partial charge in [0.15, 0.2) is 0 Å². The number of hydrogen-bond donors (Lipinski definition) is 0. The van der Waals surface area contributed by atoms with Crippen LogP contribution in [0.25, 0.3) is 0 Å². The molecule has 0 nitrogen and oxygen atoms in total. The summed E-state index contributed by atoms with van der Waals surface area (Å²) in [5, 5.41) is 0. The second kappa shape index (κ2) is 6.21. The standard InChI is InChI=1S/C6H9I/c1-2-3-4-5-6-7/h3-6H,2H2,1H3. The molecule has 0 unspecified atom stereocenters. The molecule has 0 aromatic heterocycles. The van der Waals surface area contributed by atoms with Gasteiger partial charge in [-0.15, -0.1) is 0 Å². The van der Waals surface area contributed by atoms with Crippen LogP contribution < -0.4 is 0 Å². The van der Waals surface area contributed by atoms with Crippen LogP contribution in [0.1, 0.15) is 13.3 Å². The van der Waals surface area contributed by atoms with Crippen molar-refractivity contribution in [2.45, 2.75) is 13.3 Å². The summed E-state index contributed by atoms with van der Waals surface area (Å²) >= 11 is 2.20. The van der Waals surface area contributed by atoms with Gasteiger partial charge in [-0.2, -0.15) is 0 Å². The summed E-state index contributed by atoms with van der Waals surface area (Å²) in [6.45, 7) is 2.12. The molecule has 0 heterocycles. The molecule has 0 bridgehead atoms. The highest BCUT2D eigenvalue weighted by Gasteiger charge is 1.58. The summed E-state index contributed by atoms with van der Waals surface area (Å²) < 4.78 is 1.99. The SMILES string of the molecule is CCC=CC=CI. The van der Waals surface area contributed by atoms with Gasteiger partial charge in [0.1, 0.15) is 0 Å². The topological polar surface area (TPSA) is 0 Å². The molecule has 0 fully saturated rings. The van der Waals surface area contributed by atoms with E-state index >= 15 is 0 Å². The number of halogens is 1. The van der Waals surface area contributed by atoms with Crippen molar-refractivity contribution in [1.82, 2.24) is 0 Å². The van der Waals surface area contributed by atoms with Crippen LogP contribution in [-0.2, 0) is 0 Å². The Morgan fingerprint density at radius 1 is 1.43 bits per heavy atom. The predicted octanol–water partition coefficient (Wildman–Crippen LogP) is 2.90. The lowest BCUT2D eigenvalue weighted by atomic mass is 10.4. The molecule has 0 aromatic carbocycles. The lowest BCUT2D eigenvalue weighted by Gasteiger charge is -1.69. The third-order valence-electron chi connectivity index (χ3n) is 0.556. The van der Waals surface area contributed by atoms with Crippen LogP contribution >= 0.6 is 22.6 Å². The van der Waals surface area contributed by atoms with Crippen LogP contribution in [0.2, 0.25) is 0 Å². The van der Waals surface area contributed by atoms with Crippen molar-refractivity contribution in [3.8, 4) is 0 Å². The van der Waals surface area contributed by atoms with E-state index in [1.54, 1.807) is 0 Å². The Balaban J connectivity index is 3.09. The van der Waals surface area contributed by atoms with Gasteiger partial charge in [0.2, 0.25) is 0 Å². The summed E-state index contributed by atoms with van der Waals surface area (Å²) in [4.78, 5) is 0. The highest BCUT2D eigenvalue weighted by Crippen LogP contribution is 1.85. The fraction of sp³-hybridized carbons (Fsp3) is 0.333. The van der Waals surface area contributed by atoms with Gasteiger partial charge in [-0.05, 0) is 10.5 Å². The van der Waals surface area contributed by atoms with E-state index in [1.807, 2.05) is 16.2 Å². The van der Waals surface area contributed by atoms with Crippen molar-refractivity contribution < 1.29 is 0 Å². The van der Waals surface area contributed by atoms with E-state index in [1.165, 1.54) is 0 Å². The van der Waals surface area contributed by atoms with E-state index in [2.05, 4.69) is 35.6 Å². The van der Waals surface area contributed by atoms with Crippen LogP contribution in [-0.4, -0.2) is 0 Å². The number of rotatable bonds is 2. The molecule has 0 N–H and O–H groups in total. The maximum atomic E-state index is 2.20. The van der Waals surface area contributed by atoms with Crippen LogP contribution in [0.5, 0.6) is 0 Å². The van der Waals surface area contributed by atoms with Crippen molar-refractivity contribution in [3.05, 3.63) is 22.3 Å². The normalized spacial score (nSPS) is 11.7. The minimum atomic E-state index is 1.13. The molecule has 0 aliphatic heterocycles. The van der Waals surface area contributed by atoms with Gasteiger partial charge in [-0.25, -0.2) is 0 Å². The molecule has 0 amide bonds. The first-order valence-electron chi connectivity index (χ1n) is 2.33. The summed E-state index contributed by atoms with van der Waals surface area (Å²) in [5.41, 5.74) is 0. The van der Waals surface area contributed by atoms with Crippen molar-refractivity contribution in [3.63, 3.8) is 0 Å². The molecule has 0 rings (SSSR count). The quantitative estimate of drug-likeness (QED) is 0.483. The largest absolute Gasteiger partial charge is 0.0848 e. The van der Waals surface area contributed by atoms with Gasteiger partial charge < -0.3 is 0 Å². The Hall–Kier alpha value is 0.210. The van der Waals surface area contributed by atoms with Gasteiger partial charge in [-0.1, -0.05) is 47.7 Å². The van der Waals surface area contributed by atoms with E-state index < -0.39 is 0 Å². The Bertz CT molecular complexity index is 72.2. The van der Waals surface area contributed by atoms with Crippen LogP contribution in [0, 0.1) is 0 Å². The molecule has 0 atom stereocenters. The Kier molecular flexibility index (Phi) is 6.40. The summed E-state index contributed by atoms with van der Waals surface area (Å²) in [6, 6.07) is 0. The average Bonchev–Trinajstić information content (AvgIpc) is 1.69. The van der Waals surface area contributed by atoms with E-state index in [0.29, 0.717) is 0 Å². The lowest BCUT2D eigenvalue weighted by Crippen LogP contribution is -1.47. The zero-order valence-corrected chi connectivity index (χ0v) is 6.55. The molecule has 0 aromatic rings. The molecular formula is C6H9I. The molecule has 1 heteroatoms. The maximum Gasteiger partial charge on any atom is -0.0234 e. The number of allylic oxidation sites excluding steroid dienone is 3. The first-order chi connectivity index (χ1) is 3.41. The van der Waals surface area contributed by atoms with Crippen LogP contribution in [0.4, 0.5) is 0 Å². The van der Waals surface area contributed by atoms with Crippen molar-refractivity contribution in [1.29, 1.82) is 0 Å². The number of hydrogen-bond acceptors (Lipinski definition) is 0. The second-order valence-electron chi connectivity index (χ2n) is 1.15. The first kappa shape index (κ1) is 7.21. The smallest absolute Gasteiger partial charge is 0.0234 e. The zero-order valence-electron chi connectivity index (χ0n) is 4.39. The molecule has 0 saturated heterocycles. The molecule has 0 radical (unpaired) electrons. The highest BCUT2D eigenvalue weighted by atomic mass is 127. The van der Waals surface area contributed by atoms with Gasteiger partial charge in [0.25, 0.3) is 0 Å². The first-order valence-corrected chi connectivity index (χ1v) is 3.58. The average molecular weight is 208 g/mol. The summed E-state index contributed by atoms with van der Waals surface area (Å²) in [7, 11) is 0. The van der Waals surface area contributed by atoms with Gasteiger partial charge in [0, 0.05) is 0 Å². The minimum absolute atomic E-state index is 1.13. The predicted molar refractivity (Wildman–Crippen MR) is 42.6 cm³/mol. The Morgan fingerprint density at radius 3 is 2.57 bits per heavy atom. The van der Waals surface area contributed by atoms with E-state index in [4.69, 9.17) is 0 Å². The molecule has 7 heavy (non-hydrogen) atoms. The van der Waals surface area contributed by atoms with E-state index in [0.717, 1.165) is 6.42 Å². The molecule has 40 valence electrons. The fourth-order valence-electron chi connectivity index (χ4n) is 0.257. The Labute approximate surface area is 58.4 Å². The van der Waals surface area contributed by atoms with Gasteiger partial charge in [-0.3, -0.25) is 0 Å². The van der Waals surface area contributed by atoms with Crippen molar-refractivity contribution in [2.75, 3.05) is 0 Å². The zero-order chi connectivity index (χ0) is 5.54. The van der Waals surface area contributed by atoms with Crippen molar-refractivity contribution >= 4 is 22.6 Å². The molecule has 0 aliphatic rings. The van der Waals surface area contributed by atoms with E-state index in [-0.39, 0.29) is 0 Å². The lowest BCUT2D eigenvalue weighted by molar-refractivity contribution is 1.22. The second-order valence-corrected chi connectivity index (χ2v) is 1.87. The highest BCUT2D eigenvalue weighted by molar-refractivity contribution is 14.1. The van der Waals surface area contributed by atoms with E-state index in [9.17, 15) is 0 Å². The van der Waals surface area contributed by atoms with Crippen molar-refractivity contribution in [2.24, 2.45) is 0 Å². The molecule has 0 aliphatic carbocycles. The molecule has 0 spiro atoms. The maximum absolute atomic E-state index is 2.20. The monoisotopic (exact) mass is 208 g/mol. The van der Waals surface area contributed by atoms with Crippen LogP contribution in [0.15, 0.2) is 22.3 Å². The van der Waals surface area contributed by atoms with Crippen LogP contribution in [0.3, 0.4) is 0 Å². The van der Waals surface area contributed by atoms with Gasteiger partial charge >= 0.3 is 0 Å². The molecule has 0 saturated carbocycles. The minimum Gasteiger partial charge on any atom is -0.0848 e. The summed E-state index contributed by atoms with van der Waals surface area (Å²) in [6.07, 6.45) is 7.31. The van der Waals surface area contributed by atoms with Gasteiger partial charge in [0.05, 0.1) is 0 Å².